The Morgan fingerprint density at radius 3 is 2.10 bits per heavy atom. The van der Waals surface area contributed by atoms with Gasteiger partial charge in [-0.15, -0.1) is 0 Å². The molecule has 2 N–H and O–H groups in total. The summed E-state index contributed by atoms with van der Waals surface area (Å²) in [5, 5.41) is 5.16. The van der Waals surface area contributed by atoms with Crippen LogP contribution in [0.2, 0.25) is 0 Å². The minimum absolute atomic E-state index is 0.0633. The molecule has 5 nitrogen and oxygen atoms in total. The molecule has 0 aliphatic rings. The monoisotopic (exact) mass is 418 g/mol. The van der Waals surface area contributed by atoms with Crippen LogP contribution in [0.3, 0.4) is 0 Å². The summed E-state index contributed by atoms with van der Waals surface area (Å²) >= 11 is 0. The Hall–Kier alpha value is -2.84. The predicted molar refractivity (Wildman–Crippen MR) is 107 cm³/mol. The van der Waals surface area contributed by atoms with Crippen LogP contribution in [-0.4, -0.2) is 18.8 Å². The molecule has 0 saturated carbocycles. The van der Waals surface area contributed by atoms with E-state index in [0.29, 0.717) is 33.6 Å². The number of Topliss-reactive ketones (excluding diaryl/α,β-unsaturated/α-hetero) is 1. The normalized spacial score (nSPS) is 11.7. The Kier molecular flexibility index (Phi) is 5.42. The first kappa shape index (κ1) is 20.9. The molecule has 0 bridgehead atoms. The highest BCUT2D eigenvalue weighted by Gasteiger charge is 2.25. The maximum Gasteiger partial charge on any atom is 0.238 e. The number of halogens is 2. The molecule has 8 heteroatoms. The van der Waals surface area contributed by atoms with Crippen molar-refractivity contribution in [3.63, 3.8) is 0 Å². The van der Waals surface area contributed by atoms with Gasteiger partial charge in [0.15, 0.2) is 17.4 Å². The number of carbonyl (C=O) groups is 1. The highest BCUT2D eigenvalue weighted by atomic mass is 32.2. The van der Waals surface area contributed by atoms with Crippen LogP contribution in [0.15, 0.2) is 47.4 Å². The van der Waals surface area contributed by atoms with Crippen molar-refractivity contribution in [1.82, 2.24) is 4.57 Å². The van der Waals surface area contributed by atoms with E-state index in [1.54, 1.807) is 37.6 Å². The van der Waals surface area contributed by atoms with Gasteiger partial charge in [0, 0.05) is 30.3 Å². The number of nitrogens with zero attached hydrogens (tertiary/aromatic N) is 1. The topological polar surface area (TPSA) is 82.2 Å². The Balaban J connectivity index is 2.35. The molecular formula is C21H20F2N2O3S. The second kappa shape index (κ2) is 7.53. The van der Waals surface area contributed by atoms with Gasteiger partial charge in [0.25, 0.3) is 0 Å². The molecule has 1 aromatic heterocycles. The summed E-state index contributed by atoms with van der Waals surface area (Å²) in [6, 6.07) is 9.36. The lowest BCUT2D eigenvalue weighted by atomic mass is 9.93. The highest BCUT2D eigenvalue weighted by molar-refractivity contribution is 7.89. The van der Waals surface area contributed by atoms with Crippen molar-refractivity contribution in [2.45, 2.75) is 25.2 Å². The molecule has 0 spiro atoms. The van der Waals surface area contributed by atoms with Crippen LogP contribution in [0.4, 0.5) is 8.78 Å². The van der Waals surface area contributed by atoms with Crippen LogP contribution in [0, 0.1) is 18.6 Å². The zero-order chi connectivity index (χ0) is 21.5. The average molecular weight is 418 g/mol. The van der Waals surface area contributed by atoms with Crippen molar-refractivity contribution in [1.29, 1.82) is 0 Å². The van der Waals surface area contributed by atoms with Gasteiger partial charge in [-0.1, -0.05) is 25.1 Å². The van der Waals surface area contributed by atoms with Crippen LogP contribution in [0.5, 0.6) is 0 Å². The Bertz CT molecular complexity index is 1210. The van der Waals surface area contributed by atoms with Crippen molar-refractivity contribution in [2.24, 2.45) is 12.2 Å². The van der Waals surface area contributed by atoms with Gasteiger partial charge >= 0.3 is 0 Å². The molecule has 0 aliphatic heterocycles. The number of primary sulfonamides is 1. The van der Waals surface area contributed by atoms with E-state index in [1.165, 1.54) is 18.2 Å². The van der Waals surface area contributed by atoms with Gasteiger partial charge in [-0.2, -0.15) is 0 Å². The fourth-order valence-corrected chi connectivity index (χ4v) is 3.91. The molecule has 29 heavy (non-hydrogen) atoms. The molecule has 0 amide bonds. The lowest BCUT2D eigenvalue weighted by Crippen LogP contribution is -2.11. The van der Waals surface area contributed by atoms with E-state index in [1.807, 2.05) is 0 Å². The SMILES string of the molecule is CCC(=O)c1c(-c2ccc(S(N)(=O)=O)cc2)c(-c2ccc(F)c(F)c2)c(C)n1C. The number of rotatable bonds is 5. The molecule has 0 radical (unpaired) electrons. The van der Waals surface area contributed by atoms with E-state index in [2.05, 4.69) is 0 Å². The number of sulfonamides is 1. The van der Waals surface area contributed by atoms with Gasteiger partial charge in [0.1, 0.15) is 0 Å². The minimum atomic E-state index is -3.87. The number of benzene rings is 2. The summed E-state index contributed by atoms with van der Waals surface area (Å²) in [5.74, 6) is -2.09. The fourth-order valence-electron chi connectivity index (χ4n) is 3.39. The maximum atomic E-state index is 13.9. The molecule has 0 aliphatic carbocycles. The van der Waals surface area contributed by atoms with Gasteiger partial charge in [-0.3, -0.25) is 4.79 Å². The summed E-state index contributed by atoms with van der Waals surface area (Å²) in [4.78, 5) is 12.6. The van der Waals surface area contributed by atoms with Gasteiger partial charge in [-0.05, 0) is 42.3 Å². The third-order valence-electron chi connectivity index (χ3n) is 4.95. The van der Waals surface area contributed by atoms with Crippen LogP contribution in [0.25, 0.3) is 22.3 Å². The molecule has 3 aromatic rings. The molecule has 0 fully saturated rings. The van der Waals surface area contributed by atoms with Gasteiger partial charge in [0.2, 0.25) is 10.0 Å². The van der Waals surface area contributed by atoms with Crippen LogP contribution < -0.4 is 5.14 Å². The van der Waals surface area contributed by atoms with Gasteiger partial charge in [0.05, 0.1) is 10.6 Å². The van der Waals surface area contributed by atoms with E-state index >= 15 is 0 Å². The smallest absolute Gasteiger partial charge is 0.238 e. The first-order valence-corrected chi connectivity index (χ1v) is 10.4. The lowest BCUT2D eigenvalue weighted by Gasteiger charge is -2.10. The first-order chi connectivity index (χ1) is 13.6. The minimum Gasteiger partial charge on any atom is -0.344 e. The Morgan fingerprint density at radius 2 is 1.59 bits per heavy atom. The van der Waals surface area contributed by atoms with Gasteiger partial charge < -0.3 is 4.57 Å². The molecule has 0 unspecified atom stereocenters. The number of hydrogen-bond acceptors (Lipinski definition) is 3. The van der Waals surface area contributed by atoms with E-state index < -0.39 is 21.7 Å². The quantitative estimate of drug-likeness (QED) is 0.631. The van der Waals surface area contributed by atoms with Crippen LogP contribution in [0.1, 0.15) is 29.5 Å². The van der Waals surface area contributed by atoms with Crippen LogP contribution >= 0.6 is 0 Å². The number of aromatic nitrogens is 1. The highest BCUT2D eigenvalue weighted by Crippen LogP contribution is 2.40. The standard InChI is InChI=1S/C21H20F2N2O3S/c1-4-18(26)21-20(13-5-8-15(9-6-13)29(24,27)28)19(12(2)25(21)3)14-7-10-16(22)17(23)11-14/h5-11H,4H2,1-3H3,(H2,24,27,28). The lowest BCUT2D eigenvalue weighted by molar-refractivity contribution is 0.0981. The number of hydrogen-bond donors (Lipinski definition) is 1. The zero-order valence-corrected chi connectivity index (χ0v) is 17.0. The summed E-state index contributed by atoms with van der Waals surface area (Å²) in [6.45, 7) is 3.51. The Morgan fingerprint density at radius 1 is 1.00 bits per heavy atom. The zero-order valence-electron chi connectivity index (χ0n) is 16.2. The molecule has 2 aromatic carbocycles. The second-order valence-electron chi connectivity index (χ2n) is 6.72. The van der Waals surface area contributed by atoms with Crippen molar-refractivity contribution in [3.8, 4) is 22.3 Å². The number of ketones is 1. The summed E-state index contributed by atoms with van der Waals surface area (Å²) in [5.41, 5.74) is 3.19. The molecule has 152 valence electrons. The number of nitrogens with two attached hydrogens (primary N) is 1. The van der Waals surface area contributed by atoms with E-state index in [-0.39, 0.29) is 17.1 Å². The number of carbonyl (C=O) groups excluding carboxylic acids is 1. The van der Waals surface area contributed by atoms with E-state index in [0.717, 1.165) is 12.1 Å². The third kappa shape index (κ3) is 3.73. The van der Waals surface area contributed by atoms with Crippen molar-refractivity contribution in [3.05, 3.63) is 65.5 Å². The third-order valence-corrected chi connectivity index (χ3v) is 5.88. The average Bonchev–Trinajstić information content (AvgIpc) is 2.94. The van der Waals surface area contributed by atoms with Gasteiger partial charge in [-0.25, -0.2) is 22.3 Å². The maximum absolute atomic E-state index is 13.9. The predicted octanol–water partition coefficient (Wildman–Crippen LogP) is 4.19. The van der Waals surface area contributed by atoms with E-state index in [9.17, 15) is 22.0 Å². The second-order valence-corrected chi connectivity index (χ2v) is 8.28. The van der Waals surface area contributed by atoms with Crippen molar-refractivity contribution < 1.29 is 22.0 Å². The summed E-state index contributed by atoms with van der Waals surface area (Å²) in [6.07, 6.45) is 0.247. The van der Waals surface area contributed by atoms with Crippen molar-refractivity contribution in [2.75, 3.05) is 0 Å². The van der Waals surface area contributed by atoms with E-state index in [4.69, 9.17) is 5.14 Å². The summed E-state index contributed by atoms with van der Waals surface area (Å²) in [7, 11) is -2.15. The Labute approximate surface area is 167 Å². The largest absolute Gasteiger partial charge is 0.344 e. The molecule has 3 rings (SSSR count). The fraction of sp³-hybridized carbons (Fsp3) is 0.190. The first-order valence-electron chi connectivity index (χ1n) is 8.87. The van der Waals surface area contributed by atoms with Crippen molar-refractivity contribution >= 4 is 15.8 Å². The molecule has 0 saturated heterocycles. The van der Waals surface area contributed by atoms with Crippen LogP contribution in [-0.2, 0) is 17.1 Å². The molecule has 1 heterocycles. The molecule has 0 atom stereocenters. The molecular weight excluding hydrogens is 398 g/mol. The summed E-state index contributed by atoms with van der Waals surface area (Å²) < 4.78 is 52.2.